The molecule has 0 bridgehead atoms. The van der Waals surface area contributed by atoms with Crippen LogP contribution in [0.1, 0.15) is 25.0 Å². The second-order valence-corrected chi connectivity index (χ2v) is 6.97. The summed E-state index contributed by atoms with van der Waals surface area (Å²) in [5, 5.41) is 0. The van der Waals surface area contributed by atoms with E-state index in [4.69, 9.17) is 0 Å². The maximum Gasteiger partial charge on any atom is 0.0160 e. The van der Waals surface area contributed by atoms with Crippen molar-refractivity contribution in [1.82, 2.24) is 9.97 Å². The van der Waals surface area contributed by atoms with Crippen molar-refractivity contribution < 1.29 is 20.1 Å². The van der Waals surface area contributed by atoms with Crippen molar-refractivity contribution in [3.05, 3.63) is 108 Å². The van der Waals surface area contributed by atoms with Crippen molar-refractivity contribution in [3.8, 4) is 22.5 Å². The minimum atomic E-state index is 0. The molecule has 0 aliphatic heterocycles. The van der Waals surface area contributed by atoms with Crippen LogP contribution in [0.3, 0.4) is 0 Å². The topological polar surface area (TPSA) is 25.8 Å². The summed E-state index contributed by atoms with van der Waals surface area (Å²) in [5.74, 6) is 0. The molecule has 3 heteroatoms. The fraction of sp³-hybridized carbons (Fsp3) is 0.120. The Morgan fingerprint density at radius 1 is 0.714 bits per heavy atom. The maximum absolute atomic E-state index is 4.46. The van der Waals surface area contributed by atoms with Crippen LogP contribution in [0, 0.1) is 12.1 Å². The van der Waals surface area contributed by atoms with Crippen LogP contribution in [0.2, 0.25) is 0 Å². The summed E-state index contributed by atoms with van der Waals surface area (Å²) in [6.45, 7) is 4.49. The zero-order chi connectivity index (χ0) is 18.7. The van der Waals surface area contributed by atoms with Gasteiger partial charge in [-0.25, -0.2) is 0 Å². The Labute approximate surface area is 180 Å². The molecule has 0 atom stereocenters. The molecule has 0 amide bonds. The van der Waals surface area contributed by atoms with Crippen molar-refractivity contribution in [2.75, 3.05) is 0 Å². The van der Waals surface area contributed by atoms with Crippen LogP contribution in [-0.4, -0.2) is 9.97 Å². The molecular weight excluding hydrogens is 521 g/mol. The largest absolute Gasteiger partial charge is 0.305 e. The van der Waals surface area contributed by atoms with E-state index in [2.05, 4.69) is 48.1 Å². The summed E-state index contributed by atoms with van der Waals surface area (Å²) in [5.41, 5.74) is 6.98. The number of rotatable bonds is 1. The number of fused-ring (bicyclic) bond motifs is 3. The molecule has 5 rings (SSSR count). The second kappa shape index (κ2) is 8.60. The van der Waals surface area contributed by atoms with Gasteiger partial charge in [-0.2, -0.15) is 0 Å². The van der Waals surface area contributed by atoms with Gasteiger partial charge in [-0.1, -0.05) is 37.6 Å². The van der Waals surface area contributed by atoms with Crippen LogP contribution in [0.15, 0.2) is 85.2 Å². The zero-order valence-electron chi connectivity index (χ0n) is 15.8. The molecule has 0 fully saturated rings. The van der Waals surface area contributed by atoms with Crippen LogP contribution in [0.4, 0.5) is 0 Å². The molecule has 28 heavy (non-hydrogen) atoms. The molecule has 4 aromatic rings. The number of pyridine rings is 2. The summed E-state index contributed by atoms with van der Waals surface area (Å²) < 4.78 is 0. The molecule has 0 saturated heterocycles. The van der Waals surface area contributed by atoms with Crippen LogP contribution in [0.25, 0.3) is 22.5 Å². The third-order valence-electron chi connectivity index (χ3n) is 4.90. The third kappa shape index (κ3) is 3.82. The first kappa shape index (κ1) is 20.1. The van der Waals surface area contributed by atoms with Crippen LogP contribution in [-0.2, 0) is 25.5 Å². The van der Waals surface area contributed by atoms with Gasteiger partial charge in [0, 0.05) is 32.5 Å². The van der Waals surface area contributed by atoms with E-state index in [1.165, 1.54) is 11.1 Å². The van der Waals surface area contributed by atoms with E-state index in [-0.39, 0.29) is 25.5 Å². The van der Waals surface area contributed by atoms with Crippen molar-refractivity contribution in [2.45, 2.75) is 19.3 Å². The van der Waals surface area contributed by atoms with Gasteiger partial charge in [0.15, 0.2) is 0 Å². The van der Waals surface area contributed by atoms with Gasteiger partial charge in [0.25, 0.3) is 0 Å². The fourth-order valence-corrected chi connectivity index (χ4v) is 3.48. The van der Waals surface area contributed by atoms with Crippen molar-refractivity contribution in [2.24, 2.45) is 0 Å². The Balaban J connectivity index is 0.000000159. The molecule has 2 heterocycles. The molecule has 1 aliphatic rings. The molecule has 0 unspecified atom stereocenters. The fourth-order valence-electron chi connectivity index (χ4n) is 3.48. The van der Waals surface area contributed by atoms with Gasteiger partial charge < -0.3 is 9.97 Å². The molecular formula is C25H20IrN2-2. The van der Waals surface area contributed by atoms with Gasteiger partial charge in [0.2, 0.25) is 0 Å². The maximum atomic E-state index is 4.46. The monoisotopic (exact) mass is 541 g/mol. The van der Waals surface area contributed by atoms with E-state index >= 15 is 0 Å². The van der Waals surface area contributed by atoms with Gasteiger partial charge in [0.05, 0.1) is 0 Å². The van der Waals surface area contributed by atoms with Crippen LogP contribution < -0.4 is 0 Å². The smallest absolute Gasteiger partial charge is 0.0160 e. The number of aromatic nitrogens is 2. The first-order valence-electron chi connectivity index (χ1n) is 9.03. The average Bonchev–Trinajstić information content (AvgIpc) is 2.98. The molecule has 2 aromatic heterocycles. The Bertz CT molecular complexity index is 959. The normalized spacial score (nSPS) is 12.6. The molecule has 0 N–H and O–H groups in total. The SMILES string of the molecule is CC1(C)c2ccc[c-]c2-c2ncccc21.[Ir].[c-]1ccccc1-c1ccccn1. The zero-order valence-corrected chi connectivity index (χ0v) is 18.2. The van der Waals surface area contributed by atoms with Crippen LogP contribution in [0.5, 0.6) is 0 Å². The molecule has 0 spiro atoms. The van der Waals surface area contributed by atoms with E-state index in [9.17, 15) is 0 Å². The van der Waals surface area contributed by atoms with E-state index in [1.807, 2.05) is 66.9 Å². The predicted molar refractivity (Wildman–Crippen MR) is 109 cm³/mol. The predicted octanol–water partition coefficient (Wildman–Crippen LogP) is 5.73. The van der Waals surface area contributed by atoms with Crippen molar-refractivity contribution in [1.29, 1.82) is 0 Å². The van der Waals surface area contributed by atoms with Gasteiger partial charge in [0.1, 0.15) is 0 Å². The Morgan fingerprint density at radius 3 is 2.21 bits per heavy atom. The number of hydrogen-bond donors (Lipinski definition) is 0. The van der Waals surface area contributed by atoms with Crippen molar-refractivity contribution >= 4 is 0 Å². The Morgan fingerprint density at radius 2 is 1.46 bits per heavy atom. The molecule has 2 aromatic carbocycles. The number of hydrogen-bond acceptors (Lipinski definition) is 2. The molecule has 2 nitrogen and oxygen atoms in total. The summed E-state index contributed by atoms with van der Waals surface area (Å²) in [6, 6.07) is 30.5. The van der Waals surface area contributed by atoms with Crippen molar-refractivity contribution in [3.63, 3.8) is 0 Å². The van der Waals surface area contributed by atoms with Gasteiger partial charge in [-0.3, -0.25) is 0 Å². The minimum Gasteiger partial charge on any atom is -0.305 e. The van der Waals surface area contributed by atoms with Gasteiger partial charge in [-0.15, -0.1) is 71.3 Å². The minimum absolute atomic E-state index is 0. The molecule has 1 radical (unpaired) electrons. The van der Waals surface area contributed by atoms with E-state index in [0.29, 0.717) is 0 Å². The first-order chi connectivity index (χ1) is 13.2. The molecule has 1 aliphatic carbocycles. The summed E-state index contributed by atoms with van der Waals surface area (Å²) in [6.07, 6.45) is 3.64. The number of nitrogens with zero attached hydrogens (tertiary/aromatic N) is 2. The van der Waals surface area contributed by atoms with E-state index in [0.717, 1.165) is 22.5 Å². The number of benzene rings is 2. The second-order valence-electron chi connectivity index (χ2n) is 6.97. The van der Waals surface area contributed by atoms with Gasteiger partial charge in [-0.05, 0) is 28.9 Å². The Kier molecular flexibility index (Phi) is 6.18. The third-order valence-corrected chi connectivity index (χ3v) is 4.90. The quantitative estimate of drug-likeness (QED) is 0.288. The standard InChI is InChI=1S/C14H12N.C11H8N.Ir/c1-14(2)11-7-4-3-6-10(11)13-12(14)8-5-9-15-13;1-2-6-10(7-3-1)11-8-4-5-9-12-11;/h3-5,7-9H,1-2H3;1-6,8-9H;/q2*-1;. The summed E-state index contributed by atoms with van der Waals surface area (Å²) >= 11 is 0. The first-order valence-corrected chi connectivity index (χ1v) is 9.03. The van der Waals surface area contributed by atoms with Gasteiger partial charge >= 0.3 is 0 Å². The molecule has 0 saturated carbocycles. The van der Waals surface area contributed by atoms with E-state index in [1.54, 1.807) is 6.20 Å². The summed E-state index contributed by atoms with van der Waals surface area (Å²) in [7, 11) is 0. The molecule has 141 valence electrons. The summed E-state index contributed by atoms with van der Waals surface area (Å²) in [4.78, 5) is 8.68. The Hall–Kier alpha value is -2.61. The average molecular weight is 541 g/mol. The van der Waals surface area contributed by atoms with E-state index < -0.39 is 0 Å². The van der Waals surface area contributed by atoms with Crippen LogP contribution >= 0.6 is 0 Å².